The van der Waals surface area contributed by atoms with Gasteiger partial charge in [0.2, 0.25) is 11.9 Å². The number of carbonyl (C=O) groups is 1. The van der Waals surface area contributed by atoms with E-state index < -0.39 is 0 Å². The van der Waals surface area contributed by atoms with E-state index in [9.17, 15) is 4.79 Å². The molecular formula is C19H23N9O. The van der Waals surface area contributed by atoms with Gasteiger partial charge in [-0.15, -0.1) is 0 Å². The summed E-state index contributed by atoms with van der Waals surface area (Å²) in [5.74, 6) is 0.317. The predicted octanol–water partition coefficient (Wildman–Crippen LogP) is 1.75. The van der Waals surface area contributed by atoms with Crippen LogP contribution in [-0.4, -0.2) is 61.4 Å². The van der Waals surface area contributed by atoms with Gasteiger partial charge in [0.25, 0.3) is 0 Å². The van der Waals surface area contributed by atoms with E-state index in [4.69, 9.17) is 5.26 Å². The Balaban J connectivity index is 1.70. The van der Waals surface area contributed by atoms with Crippen LogP contribution < -0.4 is 5.32 Å². The van der Waals surface area contributed by atoms with Crippen LogP contribution in [0.25, 0.3) is 5.57 Å². The fourth-order valence-electron chi connectivity index (χ4n) is 3.14. The van der Waals surface area contributed by atoms with Crippen LogP contribution in [0.5, 0.6) is 0 Å². The number of nitriles is 1. The lowest BCUT2D eigenvalue weighted by molar-refractivity contribution is -0.129. The fraction of sp³-hybridized carbons (Fsp3) is 0.368. The Kier molecular flexibility index (Phi) is 6.19. The van der Waals surface area contributed by atoms with Crippen molar-refractivity contribution >= 4 is 29.8 Å². The van der Waals surface area contributed by atoms with E-state index in [1.165, 1.54) is 0 Å². The molecule has 1 aliphatic rings. The molecule has 10 nitrogen and oxygen atoms in total. The molecule has 1 N–H and O–H groups in total. The van der Waals surface area contributed by atoms with Crippen LogP contribution in [0.2, 0.25) is 0 Å². The summed E-state index contributed by atoms with van der Waals surface area (Å²) in [6.07, 6.45) is 7.74. The van der Waals surface area contributed by atoms with Crippen LogP contribution in [0.1, 0.15) is 25.5 Å². The first-order chi connectivity index (χ1) is 14.0. The summed E-state index contributed by atoms with van der Waals surface area (Å²) in [6, 6.07) is 3.73. The van der Waals surface area contributed by atoms with E-state index in [1.54, 1.807) is 27.0 Å². The average Bonchev–Trinajstić information content (AvgIpc) is 3.36. The maximum absolute atomic E-state index is 11.9. The second-order valence-corrected chi connectivity index (χ2v) is 6.74. The topological polar surface area (TPSA) is 115 Å². The van der Waals surface area contributed by atoms with Gasteiger partial charge in [0.05, 0.1) is 29.7 Å². The van der Waals surface area contributed by atoms with E-state index in [0.29, 0.717) is 19.0 Å². The van der Waals surface area contributed by atoms with Crippen molar-refractivity contribution in [1.82, 2.24) is 29.7 Å². The molecule has 3 rings (SSSR count). The molecule has 150 valence electrons. The van der Waals surface area contributed by atoms with Crippen molar-refractivity contribution in [3.05, 3.63) is 36.6 Å². The first-order valence-electron chi connectivity index (χ1n) is 9.17. The van der Waals surface area contributed by atoms with Crippen molar-refractivity contribution in [3.63, 3.8) is 0 Å². The molecule has 0 spiro atoms. The number of aryl methyl sites for hydroxylation is 1. The molecule has 3 heterocycles. The summed E-state index contributed by atoms with van der Waals surface area (Å²) in [5, 5.41) is 21.8. The number of nitrogens with one attached hydrogen (secondary N) is 1. The Hall–Kier alpha value is -3.74. The third-order valence-corrected chi connectivity index (χ3v) is 4.63. The van der Waals surface area contributed by atoms with Gasteiger partial charge >= 0.3 is 0 Å². The van der Waals surface area contributed by atoms with Crippen LogP contribution in [0.15, 0.2) is 36.0 Å². The van der Waals surface area contributed by atoms with Gasteiger partial charge in [-0.05, 0) is 25.0 Å². The molecule has 1 fully saturated rings. The lowest BCUT2D eigenvalue weighted by atomic mass is 10.2. The van der Waals surface area contributed by atoms with Crippen molar-refractivity contribution in [3.8, 4) is 6.07 Å². The Labute approximate surface area is 169 Å². The number of amides is 1. The number of aromatic nitrogens is 4. The minimum absolute atomic E-state index is 0.0138. The highest BCUT2D eigenvalue weighted by molar-refractivity contribution is 5.78. The zero-order chi connectivity index (χ0) is 20.8. The van der Waals surface area contributed by atoms with E-state index in [0.717, 1.165) is 23.4 Å². The van der Waals surface area contributed by atoms with Gasteiger partial charge < -0.3 is 10.2 Å². The number of hydrazone groups is 1. The molecule has 0 aromatic carbocycles. The first kappa shape index (κ1) is 20.0. The predicted molar refractivity (Wildman–Crippen MR) is 109 cm³/mol. The van der Waals surface area contributed by atoms with Crippen LogP contribution in [-0.2, 0) is 11.8 Å². The summed E-state index contributed by atoms with van der Waals surface area (Å²) in [6.45, 7) is 6.71. The fourth-order valence-corrected chi connectivity index (χ4v) is 3.14. The third-order valence-electron chi connectivity index (χ3n) is 4.63. The lowest BCUT2D eigenvalue weighted by Crippen LogP contribution is -2.33. The van der Waals surface area contributed by atoms with Crippen LogP contribution in [0.4, 0.5) is 11.6 Å². The standard InChI is InChI=1S/C19H23N9O/c1-14(11-28(21-2)16-6-9-27(13-16)18(29)4-7-20)17-5-8-22-19(25-17)24-15-10-23-26(3)12-15/h5,8,10-12,16H,2,4,6,9,13H2,1,3H3,(H,22,24,25)/b14-11+. The monoisotopic (exact) mass is 393 g/mol. The Morgan fingerprint density at radius 3 is 3.10 bits per heavy atom. The summed E-state index contributed by atoms with van der Waals surface area (Å²) >= 11 is 0. The quantitative estimate of drug-likeness (QED) is 0.563. The highest BCUT2D eigenvalue weighted by Crippen LogP contribution is 2.21. The smallest absolute Gasteiger partial charge is 0.236 e. The SMILES string of the molecule is C=NN(/C=C(\C)c1ccnc(Nc2cnn(C)c2)n1)C1CCN(C(=O)CC#N)C1. The molecule has 2 aromatic heterocycles. The molecule has 1 atom stereocenters. The van der Waals surface area contributed by atoms with Crippen molar-refractivity contribution in [2.24, 2.45) is 12.1 Å². The van der Waals surface area contributed by atoms with Crippen LogP contribution in [0.3, 0.4) is 0 Å². The molecular weight excluding hydrogens is 370 g/mol. The molecule has 0 bridgehead atoms. The maximum atomic E-state index is 11.9. The number of nitrogens with zero attached hydrogens (tertiary/aromatic N) is 8. The molecule has 0 radical (unpaired) electrons. The molecule has 1 unspecified atom stereocenters. The lowest BCUT2D eigenvalue weighted by Gasteiger charge is -2.23. The molecule has 0 aliphatic carbocycles. The van der Waals surface area contributed by atoms with Gasteiger partial charge in [-0.3, -0.25) is 14.5 Å². The molecule has 2 aromatic rings. The summed E-state index contributed by atoms with van der Waals surface area (Å²) < 4.78 is 1.69. The first-order valence-corrected chi connectivity index (χ1v) is 9.17. The van der Waals surface area contributed by atoms with Gasteiger partial charge in [0.1, 0.15) is 6.42 Å². The highest BCUT2D eigenvalue weighted by atomic mass is 16.2. The van der Waals surface area contributed by atoms with Gasteiger partial charge in [0, 0.05) is 45.4 Å². The number of likely N-dealkylation sites (tertiary alicyclic amines) is 1. The number of allylic oxidation sites excluding steroid dienone is 1. The number of anilines is 2. The summed E-state index contributed by atoms with van der Waals surface area (Å²) in [5.41, 5.74) is 2.43. The highest BCUT2D eigenvalue weighted by Gasteiger charge is 2.29. The number of hydrogen-bond acceptors (Lipinski definition) is 8. The Morgan fingerprint density at radius 1 is 1.59 bits per heavy atom. The average molecular weight is 393 g/mol. The van der Waals surface area contributed by atoms with Crippen molar-refractivity contribution in [2.45, 2.75) is 25.8 Å². The molecule has 1 amide bonds. The second-order valence-electron chi connectivity index (χ2n) is 6.74. The zero-order valence-electron chi connectivity index (χ0n) is 16.5. The van der Waals surface area contributed by atoms with E-state index in [2.05, 4.69) is 32.2 Å². The Bertz CT molecular complexity index is 959. The molecule has 29 heavy (non-hydrogen) atoms. The van der Waals surface area contributed by atoms with E-state index in [-0.39, 0.29) is 18.4 Å². The number of rotatable bonds is 7. The third kappa shape index (κ3) is 4.95. The number of hydrogen-bond donors (Lipinski definition) is 1. The number of carbonyl (C=O) groups excluding carboxylic acids is 1. The van der Waals surface area contributed by atoms with Crippen molar-refractivity contribution in [1.29, 1.82) is 5.26 Å². The second kappa shape index (κ2) is 8.97. The summed E-state index contributed by atoms with van der Waals surface area (Å²) in [4.78, 5) is 22.4. The molecule has 10 heteroatoms. The van der Waals surface area contributed by atoms with Crippen molar-refractivity contribution in [2.75, 3.05) is 18.4 Å². The Morgan fingerprint density at radius 2 is 2.41 bits per heavy atom. The van der Waals surface area contributed by atoms with Crippen LogP contribution >= 0.6 is 0 Å². The minimum atomic E-state index is -0.151. The van der Waals surface area contributed by atoms with E-state index >= 15 is 0 Å². The van der Waals surface area contributed by atoms with Gasteiger partial charge in [0.15, 0.2) is 0 Å². The maximum Gasteiger partial charge on any atom is 0.236 e. The van der Waals surface area contributed by atoms with Gasteiger partial charge in [-0.1, -0.05) is 0 Å². The van der Waals surface area contributed by atoms with Crippen LogP contribution in [0, 0.1) is 11.3 Å². The zero-order valence-corrected chi connectivity index (χ0v) is 16.5. The molecule has 1 saturated heterocycles. The minimum Gasteiger partial charge on any atom is -0.340 e. The van der Waals surface area contributed by atoms with Crippen molar-refractivity contribution < 1.29 is 4.79 Å². The van der Waals surface area contributed by atoms with Gasteiger partial charge in [-0.25, -0.2) is 9.97 Å². The largest absolute Gasteiger partial charge is 0.340 e. The molecule has 1 aliphatic heterocycles. The van der Waals surface area contributed by atoms with Gasteiger partial charge in [-0.2, -0.15) is 15.5 Å². The van der Waals surface area contributed by atoms with E-state index in [1.807, 2.05) is 38.5 Å². The summed E-state index contributed by atoms with van der Waals surface area (Å²) in [7, 11) is 1.84. The molecule has 0 saturated carbocycles. The normalized spacial score (nSPS) is 16.4.